The molecule has 1 fully saturated rings. The summed E-state index contributed by atoms with van der Waals surface area (Å²) in [6, 6.07) is 13.1. The number of para-hydroxylation sites is 1. The van der Waals surface area contributed by atoms with Gasteiger partial charge in [0.05, 0.1) is 19.7 Å². The molecule has 3 heterocycles. The number of hydrogen-bond acceptors (Lipinski definition) is 8. The summed E-state index contributed by atoms with van der Waals surface area (Å²) in [7, 11) is 4.77. The number of benzene rings is 2. The number of amides is 1. The molecule has 0 saturated carbocycles. The molecule has 1 aliphatic rings. The van der Waals surface area contributed by atoms with Gasteiger partial charge in [-0.1, -0.05) is 12.1 Å². The van der Waals surface area contributed by atoms with Crippen LogP contribution in [0.5, 0.6) is 11.5 Å². The predicted octanol–water partition coefficient (Wildman–Crippen LogP) is 2.79. The topological polar surface area (TPSA) is 94.3 Å². The minimum atomic E-state index is -0.0463. The van der Waals surface area contributed by atoms with Gasteiger partial charge in [-0.25, -0.2) is 9.38 Å². The lowest BCUT2D eigenvalue weighted by atomic mass is 10.1. The number of nitrogens with zero attached hydrogens (tertiary/aromatic N) is 6. The molecule has 0 N–H and O–H groups in total. The van der Waals surface area contributed by atoms with E-state index >= 15 is 0 Å². The maximum absolute atomic E-state index is 13.4. The Morgan fingerprint density at radius 3 is 2.57 bits per heavy atom. The van der Waals surface area contributed by atoms with E-state index in [0.717, 1.165) is 22.5 Å². The highest BCUT2D eigenvalue weighted by Gasteiger charge is 2.31. The maximum Gasteiger partial charge on any atom is 0.254 e. The van der Waals surface area contributed by atoms with Gasteiger partial charge in [-0.2, -0.15) is 0 Å². The predicted molar refractivity (Wildman–Crippen MR) is 131 cm³/mol. The average molecular weight is 477 g/mol. The fourth-order valence-electron chi connectivity index (χ4n) is 4.63. The molecule has 1 amide bonds. The van der Waals surface area contributed by atoms with Crippen molar-refractivity contribution in [1.29, 1.82) is 0 Å². The number of hydrogen-bond donors (Lipinski definition) is 0. The molecule has 1 aliphatic heterocycles. The van der Waals surface area contributed by atoms with Crippen molar-refractivity contribution in [3.63, 3.8) is 0 Å². The first-order valence-corrected chi connectivity index (χ1v) is 11.4. The van der Waals surface area contributed by atoms with Crippen LogP contribution in [0.2, 0.25) is 0 Å². The summed E-state index contributed by atoms with van der Waals surface area (Å²) in [5.41, 5.74) is 2.16. The van der Waals surface area contributed by atoms with Gasteiger partial charge in [0.25, 0.3) is 5.91 Å². The fourth-order valence-corrected chi connectivity index (χ4v) is 4.63. The van der Waals surface area contributed by atoms with Crippen LogP contribution in [0.3, 0.4) is 0 Å². The van der Waals surface area contributed by atoms with Gasteiger partial charge < -0.3 is 24.0 Å². The Morgan fingerprint density at radius 1 is 1.03 bits per heavy atom. The first-order valence-electron chi connectivity index (χ1n) is 11.4. The summed E-state index contributed by atoms with van der Waals surface area (Å²) in [5, 5.41) is 9.72. The molecule has 0 bridgehead atoms. The van der Waals surface area contributed by atoms with E-state index in [0.29, 0.717) is 49.1 Å². The van der Waals surface area contributed by atoms with Crippen LogP contribution in [0.4, 0.5) is 5.95 Å². The zero-order chi connectivity index (χ0) is 24.5. The molecular formula is C25H28N6O4. The van der Waals surface area contributed by atoms with Crippen molar-refractivity contribution < 1.29 is 19.0 Å². The summed E-state index contributed by atoms with van der Waals surface area (Å²) in [5.74, 6) is 2.52. The Hall–Kier alpha value is -3.92. The molecular weight excluding hydrogens is 448 g/mol. The second kappa shape index (κ2) is 9.38. The van der Waals surface area contributed by atoms with Crippen molar-refractivity contribution in [2.24, 2.45) is 0 Å². The van der Waals surface area contributed by atoms with E-state index in [1.807, 2.05) is 40.5 Å². The van der Waals surface area contributed by atoms with Crippen LogP contribution in [-0.4, -0.2) is 77.4 Å². The monoisotopic (exact) mass is 476 g/mol. The molecule has 1 saturated heterocycles. The van der Waals surface area contributed by atoms with Crippen LogP contribution in [0.25, 0.3) is 16.6 Å². The normalized spacial score (nSPS) is 16.2. The van der Waals surface area contributed by atoms with E-state index in [9.17, 15) is 4.79 Å². The van der Waals surface area contributed by atoms with Gasteiger partial charge in [0.1, 0.15) is 6.61 Å². The Labute approximate surface area is 203 Å². The lowest BCUT2D eigenvalue weighted by Gasteiger charge is -2.40. The zero-order valence-corrected chi connectivity index (χ0v) is 20.3. The highest BCUT2D eigenvalue weighted by atomic mass is 16.5. The lowest BCUT2D eigenvalue weighted by molar-refractivity contribution is 0.0672. The van der Waals surface area contributed by atoms with E-state index < -0.39 is 0 Å². The summed E-state index contributed by atoms with van der Waals surface area (Å²) >= 11 is 0. The van der Waals surface area contributed by atoms with Crippen molar-refractivity contribution in [2.75, 3.05) is 45.9 Å². The Balaban J connectivity index is 1.45. The van der Waals surface area contributed by atoms with Crippen LogP contribution < -0.4 is 14.4 Å². The fraction of sp³-hybridized carbons (Fsp3) is 0.360. The standard InChI is InChI=1S/C25H28N6O4/c1-16-14-29(11-12-30(16)24(32)17-9-10-20(34-3)21(13-17)35-4)25-26-19-8-6-5-7-18(19)23-28-27-22(15-33-2)31(23)25/h5-10,13,16H,11-12,14-15H2,1-4H3. The minimum absolute atomic E-state index is 0.0425. The SMILES string of the molecule is COCc1nnc2c3ccccc3nc(N3CCN(C(=O)c4ccc(OC)c(OC)c4)C(C)C3)n12. The Bertz CT molecular complexity index is 1390. The van der Waals surface area contributed by atoms with Crippen molar-refractivity contribution in [3.8, 4) is 11.5 Å². The van der Waals surface area contributed by atoms with Gasteiger partial charge in [0.2, 0.25) is 5.95 Å². The summed E-state index contributed by atoms with van der Waals surface area (Å²) < 4.78 is 18.0. The molecule has 0 aliphatic carbocycles. The number of ether oxygens (including phenoxy) is 3. The molecule has 1 unspecified atom stereocenters. The van der Waals surface area contributed by atoms with Crippen LogP contribution in [-0.2, 0) is 11.3 Å². The summed E-state index contributed by atoms with van der Waals surface area (Å²) in [6.07, 6.45) is 0. The number of carbonyl (C=O) groups excluding carboxylic acids is 1. The highest BCUT2D eigenvalue weighted by molar-refractivity contribution is 5.95. The largest absolute Gasteiger partial charge is 0.493 e. The van der Waals surface area contributed by atoms with E-state index in [1.54, 1.807) is 39.5 Å². The van der Waals surface area contributed by atoms with Gasteiger partial charge in [0.15, 0.2) is 23.0 Å². The van der Waals surface area contributed by atoms with Crippen LogP contribution >= 0.6 is 0 Å². The molecule has 10 nitrogen and oxygen atoms in total. The van der Waals surface area contributed by atoms with Gasteiger partial charge in [0, 0.05) is 43.7 Å². The molecule has 35 heavy (non-hydrogen) atoms. The minimum Gasteiger partial charge on any atom is -0.493 e. The third-order valence-corrected chi connectivity index (χ3v) is 6.37. The molecule has 10 heteroatoms. The van der Waals surface area contributed by atoms with Crippen LogP contribution in [0.1, 0.15) is 23.1 Å². The van der Waals surface area contributed by atoms with Crippen LogP contribution in [0, 0.1) is 0 Å². The van der Waals surface area contributed by atoms with Gasteiger partial charge in [-0.05, 0) is 37.3 Å². The van der Waals surface area contributed by atoms with E-state index in [4.69, 9.17) is 19.2 Å². The van der Waals surface area contributed by atoms with Crippen LogP contribution in [0.15, 0.2) is 42.5 Å². The zero-order valence-electron chi connectivity index (χ0n) is 20.3. The van der Waals surface area contributed by atoms with E-state index in [2.05, 4.69) is 15.1 Å². The lowest BCUT2D eigenvalue weighted by Crippen LogP contribution is -2.54. The van der Waals surface area contributed by atoms with Crippen molar-refractivity contribution in [2.45, 2.75) is 19.6 Å². The molecule has 2 aromatic carbocycles. The van der Waals surface area contributed by atoms with Crippen molar-refractivity contribution in [3.05, 3.63) is 53.9 Å². The first-order chi connectivity index (χ1) is 17.0. The Kier molecular flexibility index (Phi) is 6.12. The number of rotatable bonds is 6. The quantitative estimate of drug-likeness (QED) is 0.419. The summed E-state index contributed by atoms with van der Waals surface area (Å²) in [4.78, 5) is 22.4. The van der Waals surface area contributed by atoms with Gasteiger partial charge >= 0.3 is 0 Å². The van der Waals surface area contributed by atoms with E-state index in [-0.39, 0.29) is 11.9 Å². The average Bonchev–Trinajstić information content (AvgIpc) is 3.31. The smallest absolute Gasteiger partial charge is 0.254 e. The molecule has 1 atom stereocenters. The number of aromatic nitrogens is 4. The number of methoxy groups -OCH3 is 3. The van der Waals surface area contributed by atoms with Crippen molar-refractivity contribution >= 4 is 28.4 Å². The number of carbonyl (C=O) groups is 1. The molecule has 0 radical (unpaired) electrons. The molecule has 0 spiro atoms. The number of piperazine rings is 1. The molecule has 2 aromatic heterocycles. The Morgan fingerprint density at radius 2 is 1.83 bits per heavy atom. The third kappa shape index (κ3) is 3.99. The molecule has 182 valence electrons. The second-order valence-corrected chi connectivity index (χ2v) is 8.50. The number of fused-ring (bicyclic) bond motifs is 3. The number of anilines is 1. The molecule has 4 aromatic rings. The highest BCUT2D eigenvalue weighted by Crippen LogP contribution is 2.30. The first kappa shape index (κ1) is 22.9. The third-order valence-electron chi connectivity index (χ3n) is 6.37. The van der Waals surface area contributed by atoms with Gasteiger partial charge in [-0.15, -0.1) is 10.2 Å². The van der Waals surface area contributed by atoms with Crippen molar-refractivity contribution in [1.82, 2.24) is 24.5 Å². The summed E-state index contributed by atoms with van der Waals surface area (Å²) in [6.45, 7) is 4.15. The maximum atomic E-state index is 13.4. The van der Waals surface area contributed by atoms with Gasteiger partial charge in [-0.3, -0.25) is 4.79 Å². The molecule has 5 rings (SSSR count). The van der Waals surface area contributed by atoms with E-state index in [1.165, 1.54) is 0 Å². The second-order valence-electron chi connectivity index (χ2n) is 8.50.